The van der Waals surface area contributed by atoms with Crippen LogP contribution in [-0.4, -0.2) is 26.2 Å². The Bertz CT molecular complexity index is 994. The fourth-order valence-corrected chi connectivity index (χ4v) is 6.81. The molecular weight excluding hydrogens is 422 g/mol. The summed E-state index contributed by atoms with van der Waals surface area (Å²) in [6.45, 7) is 3.89. The van der Waals surface area contributed by atoms with Crippen LogP contribution in [0.1, 0.15) is 38.7 Å². The van der Waals surface area contributed by atoms with Crippen molar-refractivity contribution in [3.63, 3.8) is 0 Å². The van der Waals surface area contributed by atoms with Crippen molar-refractivity contribution in [2.45, 2.75) is 48.9 Å². The number of ether oxygens (including phenoxy) is 1. The Balaban J connectivity index is 0.00000117. The second kappa shape index (κ2) is 8.20. The van der Waals surface area contributed by atoms with E-state index in [0.29, 0.717) is 5.02 Å². The van der Waals surface area contributed by atoms with Crippen molar-refractivity contribution in [1.82, 2.24) is 0 Å². The van der Waals surface area contributed by atoms with Crippen LogP contribution in [0.4, 0.5) is 8.78 Å². The number of fused-ring (bicyclic) bond motifs is 3. The van der Waals surface area contributed by atoms with Gasteiger partial charge in [0.25, 0.3) is 0 Å². The van der Waals surface area contributed by atoms with E-state index in [9.17, 15) is 22.3 Å². The molecule has 0 saturated heterocycles. The molecule has 1 saturated carbocycles. The Morgan fingerprint density at radius 2 is 1.72 bits per heavy atom. The first-order valence-corrected chi connectivity index (χ1v) is 11.4. The zero-order valence-corrected chi connectivity index (χ0v) is 17.7. The van der Waals surface area contributed by atoms with Crippen LogP contribution in [0.2, 0.25) is 5.02 Å². The highest BCUT2D eigenvalue weighted by atomic mass is 35.5. The summed E-state index contributed by atoms with van der Waals surface area (Å²) >= 11 is 5.87. The van der Waals surface area contributed by atoms with Crippen molar-refractivity contribution in [3.8, 4) is 5.75 Å². The van der Waals surface area contributed by atoms with Crippen LogP contribution in [0.3, 0.4) is 0 Å². The Labute approximate surface area is 174 Å². The molecule has 4 nitrogen and oxygen atoms in total. The van der Waals surface area contributed by atoms with Gasteiger partial charge in [-0.25, -0.2) is 17.2 Å². The van der Waals surface area contributed by atoms with Crippen LogP contribution in [-0.2, 0) is 14.6 Å². The number of hydrogen-bond acceptors (Lipinski definition) is 4. The zero-order chi connectivity index (χ0) is 21.4. The summed E-state index contributed by atoms with van der Waals surface area (Å²) in [5, 5.41) is 10.4. The number of sulfone groups is 1. The van der Waals surface area contributed by atoms with E-state index in [1.54, 1.807) is 0 Å². The standard InChI is InChI=1S/C19H17ClF2O4S.C2H6/c20-12-1-3-14(4-2-12)27(24,25)19-8-7-13(23)9-11(19)10-26-18-16(22)6-5-15(21)17(18)19;1-2/h1-6,11,13,23H,7-10H2;1-2H3/t11?,13-,19-;/m0./s1. The fraction of sp³-hybridized carbons (Fsp3) is 0.429. The van der Waals surface area contributed by atoms with E-state index in [-0.39, 0.29) is 42.1 Å². The minimum Gasteiger partial charge on any atom is -0.490 e. The van der Waals surface area contributed by atoms with E-state index < -0.39 is 38.2 Å². The molecule has 1 aliphatic carbocycles. The van der Waals surface area contributed by atoms with Gasteiger partial charge in [0.05, 0.1) is 23.2 Å². The van der Waals surface area contributed by atoms with Gasteiger partial charge < -0.3 is 9.84 Å². The van der Waals surface area contributed by atoms with Gasteiger partial charge >= 0.3 is 0 Å². The predicted octanol–water partition coefficient (Wildman–Crippen LogP) is 4.87. The predicted molar refractivity (Wildman–Crippen MR) is 107 cm³/mol. The summed E-state index contributed by atoms with van der Waals surface area (Å²) in [6.07, 6.45) is -0.452. The molecule has 3 atom stereocenters. The third-order valence-corrected chi connectivity index (χ3v) is 8.42. The first kappa shape index (κ1) is 22.0. The quantitative estimate of drug-likeness (QED) is 0.718. The Morgan fingerprint density at radius 3 is 2.38 bits per heavy atom. The van der Waals surface area contributed by atoms with E-state index in [2.05, 4.69) is 0 Å². The average Bonchev–Trinajstić information content (AvgIpc) is 2.71. The molecule has 1 unspecified atom stereocenters. The molecule has 4 rings (SSSR count). The van der Waals surface area contributed by atoms with Crippen LogP contribution in [0.5, 0.6) is 5.75 Å². The lowest BCUT2D eigenvalue weighted by Crippen LogP contribution is -2.53. The third-order valence-electron chi connectivity index (χ3n) is 5.58. The SMILES string of the molecule is CC.O=S(=O)(c1ccc(Cl)cc1)[C@@]12CC[C@H](O)CC1COc1c(F)ccc(F)c12. The minimum atomic E-state index is -4.13. The van der Waals surface area contributed by atoms with Crippen molar-refractivity contribution in [3.05, 3.63) is 58.6 Å². The van der Waals surface area contributed by atoms with Gasteiger partial charge in [-0.2, -0.15) is 0 Å². The molecule has 2 aromatic carbocycles. The molecule has 1 heterocycles. The van der Waals surface area contributed by atoms with Crippen molar-refractivity contribution in [1.29, 1.82) is 0 Å². The summed E-state index contributed by atoms with van der Waals surface area (Å²) in [7, 11) is -4.13. The first-order chi connectivity index (χ1) is 13.8. The molecule has 2 aromatic rings. The Morgan fingerprint density at radius 1 is 1.10 bits per heavy atom. The normalized spacial score (nSPS) is 25.7. The van der Waals surface area contributed by atoms with Crippen molar-refractivity contribution >= 4 is 21.4 Å². The number of aliphatic hydroxyl groups excluding tert-OH is 1. The van der Waals surface area contributed by atoms with Gasteiger partial charge in [0, 0.05) is 10.9 Å². The molecule has 0 amide bonds. The highest BCUT2D eigenvalue weighted by molar-refractivity contribution is 7.92. The largest absolute Gasteiger partial charge is 0.490 e. The fourth-order valence-electron chi connectivity index (χ4n) is 4.32. The molecule has 29 heavy (non-hydrogen) atoms. The van der Waals surface area contributed by atoms with Gasteiger partial charge in [0.2, 0.25) is 0 Å². The maximum absolute atomic E-state index is 14.9. The minimum absolute atomic E-state index is 0.0233. The van der Waals surface area contributed by atoms with Crippen LogP contribution in [0.25, 0.3) is 0 Å². The molecule has 8 heteroatoms. The molecule has 0 aromatic heterocycles. The summed E-state index contributed by atoms with van der Waals surface area (Å²) in [5.41, 5.74) is -0.277. The van der Waals surface area contributed by atoms with E-state index in [1.807, 2.05) is 13.8 Å². The summed E-state index contributed by atoms with van der Waals surface area (Å²) in [4.78, 5) is -0.0233. The van der Waals surface area contributed by atoms with E-state index >= 15 is 0 Å². The van der Waals surface area contributed by atoms with Crippen molar-refractivity contribution in [2.75, 3.05) is 6.61 Å². The topological polar surface area (TPSA) is 63.6 Å². The molecule has 1 N–H and O–H groups in total. The van der Waals surface area contributed by atoms with Gasteiger partial charge in [-0.3, -0.25) is 0 Å². The van der Waals surface area contributed by atoms with Gasteiger partial charge in [-0.15, -0.1) is 0 Å². The molecule has 158 valence electrons. The molecule has 0 bridgehead atoms. The third kappa shape index (κ3) is 3.43. The van der Waals surface area contributed by atoms with Gasteiger partial charge in [0.1, 0.15) is 10.6 Å². The van der Waals surface area contributed by atoms with Crippen molar-refractivity contribution < 1.29 is 27.0 Å². The first-order valence-electron chi connectivity index (χ1n) is 9.57. The second-order valence-electron chi connectivity index (χ2n) is 7.02. The summed E-state index contributed by atoms with van der Waals surface area (Å²) in [6, 6.07) is 7.46. The lowest BCUT2D eigenvalue weighted by Gasteiger charge is -2.48. The van der Waals surface area contributed by atoms with Crippen molar-refractivity contribution in [2.24, 2.45) is 5.92 Å². The van der Waals surface area contributed by atoms with Gasteiger partial charge in [0.15, 0.2) is 21.4 Å². The number of rotatable bonds is 2. The van der Waals surface area contributed by atoms with Gasteiger partial charge in [-0.05, 0) is 55.7 Å². The lowest BCUT2D eigenvalue weighted by molar-refractivity contribution is 0.0395. The summed E-state index contributed by atoms with van der Waals surface area (Å²) < 4.78 is 60.4. The molecule has 1 fully saturated rings. The van der Waals surface area contributed by atoms with Crippen LogP contribution in [0.15, 0.2) is 41.3 Å². The average molecular weight is 445 g/mol. The zero-order valence-electron chi connectivity index (χ0n) is 16.2. The van der Waals surface area contributed by atoms with Crippen LogP contribution in [0, 0.1) is 17.6 Å². The van der Waals surface area contributed by atoms with E-state index in [0.717, 1.165) is 12.1 Å². The maximum atomic E-state index is 14.9. The Hall–Kier alpha value is -1.70. The highest BCUT2D eigenvalue weighted by Gasteiger charge is 2.59. The number of aliphatic hydroxyl groups is 1. The molecule has 2 aliphatic rings. The highest BCUT2D eigenvalue weighted by Crippen LogP contribution is 2.56. The smallest absolute Gasteiger partial charge is 0.188 e. The molecule has 1 aliphatic heterocycles. The number of halogens is 3. The monoisotopic (exact) mass is 444 g/mol. The van der Waals surface area contributed by atoms with E-state index in [1.165, 1.54) is 24.3 Å². The molecule has 0 spiro atoms. The van der Waals surface area contributed by atoms with E-state index in [4.69, 9.17) is 16.3 Å². The van der Waals surface area contributed by atoms with Gasteiger partial charge in [-0.1, -0.05) is 25.4 Å². The van der Waals surface area contributed by atoms with Crippen LogP contribution < -0.4 is 4.74 Å². The molecular formula is C21H23ClF2O4S. The number of hydrogen-bond donors (Lipinski definition) is 1. The number of benzene rings is 2. The van der Waals surface area contributed by atoms with Crippen LogP contribution >= 0.6 is 11.6 Å². The maximum Gasteiger partial charge on any atom is 0.188 e. The second-order valence-corrected chi connectivity index (χ2v) is 9.66. The molecule has 0 radical (unpaired) electrons. The Kier molecular flexibility index (Phi) is 6.22. The summed E-state index contributed by atoms with van der Waals surface area (Å²) in [5.74, 6) is -2.70. The lowest BCUT2D eigenvalue weighted by atomic mass is 9.72.